The lowest BCUT2D eigenvalue weighted by atomic mass is 10.2. The number of likely N-dealkylation sites (N-methyl/N-ethyl adjacent to an activating group) is 1. The van der Waals surface area contributed by atoms with Crippen LogP contribution in [0.1, 0.15) is 24.2 Å². The number of nitrogens with one attached hydrogen (secondary N) is 2. The van der Waals surface area contributed by atoms with E-state index in [0.717, 1.165) is 6.54 Å². The topological polar surface area (TPSA) is 50.4 Å². The Morgan fingerprint density at radius 2 is 1.95 bits per heavy atom. The molecule has 20 heavy (non-hydrogen) atoms. The maximum Gasteiger partial charge on any atom is 0.255 e. The molecule has 0 spiro atoms. The molecule has 0 saturated carbocycles. The highest BCUT2D eigenvalue weighted by molar-refractivity contribution is 6.42. The van der Waals surface area contributed by atoms with Gasteiger partial charge >= 0.3 is 0 Å². The zero-order valence-electron chi connectivity index (χ0n) is 11.6. The summed E-state index contributed by atoms with van der Waals surface area (Å²) in [5, 5.41) is 6.71. The summed E-state index contributed by atoms with van der Waals surface area (Å²) in [5.74, 6) is 0.170. The highest BCUT2D eigenvalue weighted by Crippen LogP contribution is 2.30. The van der Waals surface area contributed by atoms with Crippen molar-refractivity contribution in [2.45, 2.75) is 19.9 Å². The minimum atomic E-state index is -0.236. The van der Waals surface area contributed by atoms with E-state index in [9.17, 15) is 4.79 Å². The molecule has 0 aromatic heterocycles. The van der Waals surface area contributed by atoms with E-state index in [2.05, 4.69) is 10.6 Å². The molecule has 0 fully saturated rings. The van der Waals surface area contributed by atoms with Crippen LogP contribution in [0.25, 0.3) is 0 Å². The molecule has 1 atom stereocenters. The molecule has 0 saturated heterocycles. The van der Waals surface area contributed by atoms with Gasteiger partial charge in [0.25, 0.3) is 5.91 Å². The largest absolute Gasteiger partial charge is 0.496 e. The summed E-state index contributed by atoms with van der Waals surface area (Å²) in [6.07, 6.45) is 0. The monoisotopic (exact) mass is 340 g/mol. The van der Waals surface area contributed by atoms with Gasteiger partial charge < -0.3 is 15.4 Å². The van der Waals surface area contributed by atoms with Crippen LogP contribution >= 0.6 is 35.6 Å². The summed E-state index contributed by atoms with van der Waals surface area (Å²) in [4.78, 5) is 12.1. The number of amides is 1. The predicted octanol–water partition coefficient (Wildman–Crippen LogP) is 3.15. The third-order valence-electron chi connectivity index (χ3n) is 2.61. The smallest absolute Gasteiger partial charge is 0.255 e. The lowest BCUT2D eigenvalue weighted by Gasteiger charge is -2.15. The highest BCUT2D eigenvalue weighted by Gasteiger charge is 2.15. The van der Waals surface area contributed by atoms with Crippen LogP contribution in [0.2, 0.25) is 10.0 Å². The van der Waals surface area contributed by atoms with Gasteiger partial charge in [0, 0.05) is 18.7 Å². The first-order valence-corrected chi connectivity index (χ1v) is 6.79. The second-order valence-electron chi connectivity index (χ2n) is 4.14. The van der Waals surface area contributed by atoms with E-state index in [1.54, 1.807) is 0 Å². The lowest BCUT2D eigenvalue weighted by Crippen LogP contribution is -2.38. The normalized spacial score (nSPS) is 11.4. The maximum absolute atomic E-state index is 12.1. The van der Waals surface area contributed by atoms with Crippen LogP contribution in [-0.2, 0) is 0 Å². The Kier molecular flexibility index (Phi) is 8.98. The fourth-order valence-electron chi connectivity index (χ4n) is 1.64. The number of methoxy groups -OCH3 is 1. The van der Waals surface area contributed by atoms with Gasteiger partial charge in [0.2, 0.25) is 0 Å². The van der Waals surface area contributed by atoms with Gasteiger partial charge in [-0.05, 0) is 19.5 Å². The molecular weight excluding hydrogens is 323 g/mol. The number of carbonyl (C=O) groups is 1. The molecule has 0 aliphatic heterocycles. The summed E-state index contributed by atoms with van der Waals surface area (Å²) in [6.45, 7) is 5.39. The second-order valence-corrected chi connectivity index (χ2v) is 4.95. The minimum Gasteiger partial charge on any atom is -0.496 e. The quantitative estimate of drug-likeness (QED) is 0.835. The zero-order valence-corrected chi connectivity index (χ0v) is 14.0. The summed E-state index contributed by atoms with van der Waals surface area (Å²) in [7, 11) is 1.48. The van der Waals surface area contributed by atoms with Crippen LogP contribution in [0.5, 0.6) is 5.75 Å². The molecule has 0 bridgehead atoms. The molecule has 1 aromatic rings. The standard InChI is InChI=1S/C13H18Cl2N2O2.ClH/c1-4-16-8(2)7-17-13(18)9-5-10(14)11(15)6-12(9)19-3;/h5-6,8,16H,4,7H2,1-3H3,(H,17,18);1H/t8-;/m1./s1. The molecule has 0 aliphatic rings. The Bertz CT molecular complexity index is 455. The van der Waals surface area contributed by atoms with Crippen molar-refractivity contribution in [3.63, 3.8) is 0 Å². The lowest BCUT2D eigenvalue weighted by molar-refractivity contribution is 0.0947. The zero-order chi connectivity index (χ0) is 14.4. The molecule has 114 valence electrons. The molecule has 7 heteroatoms. The Labute approximate surface area is 135 Å². The molecule has 0 heterocycles. The Morgan fingerprint density at radius 1 is 1.35 bits per heavy atom. The van der Waals surface area contributed by atoms with E-state index in [0.29, 0.717) is 27.9 Å². The maximum atomic E-state index is 12.1. The fourth-order valence-corrected chi connectivity index (χ4v) is 1.95. The number of hydrogen-bond acceptors (Lipinski definition) is 3. The predicted molar refractivity (Wildman–Crippen MR) is 85.7 cm³/mol. The number of carbonyl (C=O) groups excluding carboxylic acids is 1. The average molecular weight is 342 g/mol. The molecule has 4 nitrogen and oxygen atoms in total. The van der Waals surface area contributed by atoms with Crippen LogP contribution in [0.3, 0.4) is 0 Å². The van der Waals surface area contributed by atoms with Crippen molar-refractivity contribution < 1.29 is 9.53 Å². The summed E-state index contributed by atoms with van der Waals surface area (Å²) < 4.78 is 5.14. The van der Waals surface area contributed by atoms with Gasteiger partial charge in [-0.25, -0.2) is 0 Å². The van der Waals surface area contributed by atoms with E-state index in [1.807, 2.05) is 13.8 Å². The van der Waals surface area contributed by atoms with Crippen molar-refractivity contribution in [1.82, 2.24) is 10.6 Å². The average Bonchev–Trinajstić information content (AvgIpc) is 2.39. The molecule has 1 rings (SSSR count). The molecule has 0 aliphatic carbocycles. The Morgan fingerprint density at radius 3 is 2.50 bits per heavy atom. The van der Waals surface area contributed by atoms with Gasteiger partial charge in [0.05, 0.1) is 22.7 Å². The fraction of sp³-hybridized carbons (Fsp3) is 0.462. The number of rotatable bonds is 6. The number of hydrogen-bond donors (Lipinski definition) is 2. The van der Waals surface area contributed by atoms with Crippen molar-refractivity contribution >= 4 is 41.5 Å². The van der Waals surface area contributed by atoms with Gasteiger partial charge in [-0.3, -0.25) is 4.79 Å². The van der Waals surface area contributed by atoms with Crippen molar-refractivity contribution in [3.8, 4) is 5.75 Å². The minimum absolute atomic E-state index is 0. The Hall–Kier alpha value is -0.680. The van der Waals surface area contributed by atoms with Crippen molar-refractivity contribution in [2.24, 2.45) is 0 Å². The number of halogens is 3. The van der Waals surface area contributed by atoms with Gasteiger partial charge in [-0.1, -0.05) is 30.1 Å². The summed E-state index contributed by atoms with van der Waals surface area (Å²) >= 11 is 11.8. The Balaban J connectivity index is 0.00000361. The van der Waals surface area contributed by atoms with Crippen molar-refractivity contribution in [3.05, 3.63) is 27.7 Å². The van der Waals surface area contributed by atoms with Gasteiger partial charge in [-0.2, -0.15) is 0 Å². The first-order valence-electron chi connectivity index (χ1n) is 6.04. The molecule has 0 radical (unpaired) electrons. The van der Waals surface area contributed by atoms with Crippen LogP contribution < -0.4 is 15.4 Å². The van der Waals surface area contributed by atoms with Gasteiger partial charge in [0.1, 0.15) is 5.75 Å². The van der Waals surface area contributed by atoms with Crippen molar-refractivity contribution in [2.75, 3.05) is 20.2 Å². The highest BCUT2D eigenvalue weighted by atomic mass is 35.5. The first-order chi connectivity index (χ1) is 8.99. The van der Waals surface area contributed by atoms with E-state index in [4.69, 9.17) is 27.9 Å². The summed E-state index contributed by atoms with van der Waals surface area (Å²) in [5.41, 5.74) is 0.376. The van der Waals surface area contributed by atoms with Crippen LogP contribution in [0, 0.1) is 0 Å². The molecule has 2 N–H and O–H groups in total. The number of benzene rings is 1. The first kappa shape index (κ1) is 19.3. The van der Waals surface area contributed by atoms with E-state index < -0.39 is 0 Å². The number of ether oxygens (including phenoxy) is 1. The third-order valence-corrected chi connectivity index (χ3v) is 3.33. The van der Waals surface area contributed by atoms with Gasteiger partial charge in [-0.15, -0.1) is 12.4 Å². The molecule has 1 amide bonds. The second kappa shape index (κ2) is 9.29. The molecule has 1 aromatic carbocycles. The molecule has 0 unspecified atom stereocenters. The van der Waals surface area contributed by atoms with E-state index in [-0.39, 0.29) is 24.4 Å². The molecular formula is C13H19Cl3N2O2. The van der Waals surface area contributed by atoms with Crippen LogP contribution in [0.15, 0.2) is 12.1 Å². The summed E-state index contributed by atoms with van der Waals surface area (Å²) in [6, 6.07) is 3.24. The van der Waals surface area contributed by atoms with Crippen LogP contribution in [-0.4, -0.2) is 32.1 Å². The van der Waals surface area contributed by atoms with E-state index in [1.165, 1.54) is 19.2 Å². The van der Waals surface area contributed by atoms with E-state index >= 15 is 0 Å². The SMILES string of the molecule is CCN[C@H](C)CNC(=O)c1cc(Cl)c(Cl)cc1OC.Cl. The van der Waals surface area contributed by atoms with Crippen molar-refractivity contribution in [1.29, 1.82) is 0 Å². The van der Waals surface area contributed by atoms with Gasteiger partial charge in [0.15, 0.2) is 0 Å². The third kappa shape index (κ3) is 5.37. The van der Waals surface area contributed by atoms with Crippen LogP contribution in [0.4, 0.5) is 0 Å².